The number of rotatable bonds is 8. The van der Waals surface area contributed by atoms with Crippen molar-refractivity contribution in [1.82, 2.24) is 19.4 Å². The van der Waals surface area contributed by atoms with Crippen LogP contribution in [0, 0.1) is 6.92 Å². The summed E-state index contributed by atoms with van der Waals surface area (Å²) in [6, 6.07) is 8.79. The van der Waals surface area contributed by atoms with E-state index in [-0.39, 0.29) is 36.6 Å². The first-order chi connectivity index (χ1) is 17.0. The van der Waals surface area contributed by atoms with Crippen LogP contribution < -0.4 is 14.4 Å². The standard InChI is InChI=1S/C24H26F3N5O4/c1-15-7-8-17(28-12-15)13-32-20-21(30(3)14-31(22(20)34)10-9-16(2)33)29-23(32)35-18-5-4-6-19(11-18)36-24(25,26)27/h4-8,11-12,16,33H,9-10,13-14H2,1-3H3. The summed E-state index contributed by atoms with van der Waals surface area (Å²) in [5.74, 6) is -0.315. The zero-order chi connectivity index (χ0) is 26.0. The van der Waals surface area contributed by atoms with Gasteiger partial charge >= 0.3 is 12.4 Å². The van der Waals surface area contributed by atoms with E-state index in [1.807, 2.05) is 19.1 Å². The Bertz CT molecular complexity index is 1230. The number of halogens is 3. The molecule has 192 valence electrons. The van der Waals surface area contributed by atoms with E-state index in [9.17, 15) is 23.1 Å². The smallest absolute Gasteiger partial charge is 0.425 e. The summed E-state index contributed by atoms with van der Waals surface area (Å²) in [6.45, 7) is 4.28. The number of hydrogen-bond donors (Lipinski definition) is 1. The molecule has 0 saturated carbocycles. The Morgan fingerprint density at radius 1 is 1.19 bits per heavy atom. The summed E-state index contributed by atoms with van der Waals surface area (Å²) in [5, 5.41) is 9.69. The number of amides is 1. The van der Waals surface area contributed by atoms with Crippen LogP contribution in [0.3, 0.4) is 0 Å². The summed E-state index contributed by atoms with van der Waals surface area (Å²) < 4.78 is 49.4. The minimum absolute atomic E-state index is 0.0177. The molecule has 0 aliphatic carbocycles. The van der Waals surface area contributed by atoms with Crippen LogP contribution >= 0.6 is 0 Å². The highest BCUT2D eigenvalue weighted by molar-refractivity contribution is 5.99. The van der Waals surface area contributed by atoms with Gasteiger partial charge in [0.2, 0.25) is 0 Å². The van der Waals surface area contributed by atoms with Crippen LogP contribution in [-0.4, -0.2) is 63.2 Å². The lowest BCUT2D eigenvalue weighted by molar-refractivity contribution is -0.274. The van der Waals surface area contributed by atoms with Crippen LogP contribution in [0.2, 0.25) is 0 Å². The molecule has 0 bridgehead atoms. The van der Waals surface area contributed by atoms with Gasteiger partial charge in [-0.2, -0.15) is 4.98 Å². The fourth-order valence-electron chi connectivity index (χ4n) is 3.77. The van der Waals surface area contributed by atoms with Gasteiger partial charge in [-0.25, -0.2) is 0 Å². The van der Waals surface area contributed by atoms with E-state index in [4.69, 9.17) is 4.74 Å². The first kappa shape index (κ1) is 25.3. The third-order valence-corrected chi connectivity index (χ3v) is 5.51. The number of pyridine rings is 1. The number of fused-ring (bicyclic) bond motifs is 1. The highest BCUT2D eigenvalue weighted by Crippen LogP contribution is 2.34. The summed E-state index contributed by atoms with van der Waals surface area (Å²) in [7, 11) is 1.77. The number of carbonyl (C=O) groups excluding carboxylic acids is 1. The van der Waals surface area contributed by atoms with Gasteiger partial charge in [-0.05, 0) is 44.0 Å². The van der Waals surface area contributed by atoms with Gasteiger partial charge < -0.3 is 24.4 Å². The number of hydrogen-bond acceptors (Lipinski definition) is 7. The van der Waals surface area contributed by atoms with Crippen molar-refractivity contribution in [2.24, 2.45) is 0 Å². The van der Waals surface area contributed by atoms with Gasteiger partial charge in [0, 0.05) is 25.9 Å². The molecule has 3 aromatic rings. The average Bonchev–Trinajstić information content (AvgIpc) is 3.14. The molecule has 1 amide bonds. The number of aromatic nitrogens is 3. The van der Waals surface area contributed by atoms with Gasteiger partial charge in [0.05, 0.1) is 25.0 Å². The van der Waals surface area contributed by atoms with Gasteiger partial charge in [-0.15, -0.1) is 13.2 Å². The fraction of sp³-hybridized carbons (Fsp3) is 0.375. The maximum absolute atomic E-state index is 13.5. The molecule has 0 fully saturated rings. The molecule has 0 radical (unpaired) electrons. The minimum Gasteiger partial charge on any atom is -0.425 e. The van der Waals surface area contributed by atoms with E-state index in [1.54, 1.807) is 34.5 Å². The largest absolute Gasteiger partial charge is 0.573 e. The highest BCUT2D eigenvalue weighted by atomic mass is 19.4. The molecule has 1 aliphatic heterocycles. The Kier molecular flexibility index (Phi) is 7.07. The van der Waals surface area contributed by atoms with Crippen molar-refractivity contribution in [2.75, 3.05) is 25.2 Å². The number of ether oxygens (including phenoxy) is 2. The molecule has 1 unspecified atom stereocenters. The molecule has 1 aromatic carbocycles. The lowest BCUT2D eigenvalue weighted by Gasteiger charge is -2.33. The number of anilines is 1. The lowest BCUT2D eigenvalue weighted by atomic mass is 10.2. The van der Waals surface area contributed by atoms with Gasteiger partial charge in [-0.1, -0.05) is 12.1 Å². The molecule has 1 N–H and O–H groups in total. The molecule has 2 aromatic heterocycles. The fourth-order valence-corrected chi connectivity index (χ4v) is 3.77. The van der Waals surface area contributed by atoms with E-state index in [2.05, 4.69) is 14.7 Å². The van der Waals surface area contributed by atoms with Crippen molar-refractivity contribution < 1.29 is 32.5 Å². The van der Waals surface area contributed by atoms with E-state index in [0.29, 0.717) is 24.5 Å². The molecule has 0 saturated heterocycles. The molecule has 9 nitrogen and oxygen atoms in total. The molecule has 1 atom stereocenters. The molecule has 36 heavy (non-hydrogen) atoms. The summed E-state index contributed by atoms with van der Waals surface area (Å²) in [6.07, 6.45) is -3.33. The maximum atomic E-state index is 13.5. The zero-order valence-corrected chi connectivity index (χ0v) is 20.0. The SMILES string of the molecule is Cc1ccc(Cn2c(Oc3cccc(OC(F)(F)F)c3)nc3c2C(=O)N(CCC(C)O)CN3C)nc1. The summed E-state index contributed by atoms with van der Waals surface area (Å²) in [5.41, 5.74) is 1.86. The number of imidazole rings is 1. The highest BCUT2D eigenvalue weighted by Gasteiger charge is 2.35. The van der Waals surface area contributed by atoms with Crippen LogP contribution in [-0.2, 0) is 6.54 Å². The van der Waals surface area contributed by atoms with Gasteiger partial charge in [0.1, 0.15) is 11.5 Å². The summed E-state index contributed by atoms with van der Waals surface area (Å²) in [4.78, 5) is 25.7. The predicted octanol–water partition coefficient (Wildman–Crippen LogP) is 3.95. The molecular formula is C24H26F3N5O4. The predicted molar refractivity (Wildman–Crippen MR) is 124 cm³/mol. The third kappa shape index (κ3) is 5.88. The first-order valence-electron chi connectivity index (χ1n) is 11.2. The number of aliphatic hydroxyl groups is 1. The second-order valence-electron chi connectivity index (χ2n) is 8.65. The van der Waals surface area contributed by atoms with E-state index in [1.165, 1.54) is 12.1 Å². The number of aryl methyl sites for hydroxylation is 1. The molecule has 1 aliphatic rings. The number of carbonyl (C=O) groups is 1. The molecular weight excluding hydrogens is 479 g/mol. The van der Waals surface area contributed by atoms with Crippen LogP contribution in [0.4, 0.5) is 19.0 Å². The zero-order valence-electron chi connectivity index (χ0n) is 20.0. The first-order valence-corrected chi connectivity index (χ1v) is 11.2. The minimum atomic E-state index is -4.85. The van der Waals surface area contributed by atoms with Gasteiger partial charge in [0.25, 0.3) is 5.91 Å². The Morgan fingerprint density at radius 2 is 1.94 bits per heavy atom. The second kappa shape index (κ2) is 10.1. The van der Waals surface area contributed by atoms with Gasteiger partial charge in [-0.3, -0.25) is 14.3 Å². The van der Waals surface area contributed by atoms with Crippen molar-refractivity contribution in [3.63, 3.8) is 0 Å². The molecule has 3 heterocycles. The monoisotopic (exact) mass is 505 g/mol. The van der Waals surface area contributed by atoms with Crippen LogP contribution in [0.1, 0.15) is 35.1 Å². The quantitative estimate of drug-likeness (QED) is 0.496. The van der Waals surface area contributed by atoms with E-state index in [0.717, 1.165) is 17.7 Å². The van der Waals surface area contributed by atoms with Crippen LogP contribution in [0.25, 0.3) is 0 Å². The molecule has 4 rings (SSSR count). The van der Waals surface area contributed by atoms with Crippen LogP contribution in [0.15, 0.2) is 42.6 Å². The summed E-state index contributed by atoms with van der Waals surface area (Å²) >= 11 is 0. The Balaban J connectivity index is 1.72. The number of nitrogens with zero attached hydrogens (tertiary/aromatic N) is 5. The average molecular weight is 505 g/mol. The topological polar surface area (TPSA) is 93.0 Å². The Hall–Kier alpha value is -3.80. The van der Waals surface area contributed by atoms with Crippen LogP contribution in [0.5, 0.6) is 17.5 Å². The number of aliphatic hydroxyl groups excluding tert-OH is 1. The third-order valence-electron chi connectivity index (χ3n) is 5.51. The second-order valence-corrected chi connectivity index (χ2v) is 8.65. The normalized spacial score (nSPS) is 14.6. The van der Waals surface area contributed by atoms with Crippen molar-refractivity contribution in [3.8, 4) is 17.5 Å². The maximum Gasteiger partial charge on any atom is 0.573 e. The van der Waals surface area contributed by atoms with Gasteiger partial charge in [0.15, 0.2) is 11.5 Å². The Labute approximate surface area is 205 Å². The van der Waals surface area contributed by atoms with Crippen molar-refractivity contribution in [2.45, 2.75) is 39.3 Å². The van der Waals surface area contributed by atoms with Crippen molar-refractivity contribution >= 4 is 11.7 Å². The van der Waals surface area contributed by atoms with Crippen molar-refractivity contribution in [1.29, 1.82) is 0 Å². The van der Waals surface area contributed by atoms with E-state index < -0.39 is 18.2 Å². The lowest BCUT2D eigenvalue weighted by Crippen LogP contribution is -2.46. The number of alkyl halides is 3. The molecule has 0 spiro atoms. The number of benzene rings is 1. The Morgan fingerprint density at radius 3 is 2.61 bits per heavy atom. The van der Waals surface area contributed by atoms with E-state index >= 15 is 0 Å². The molecule has 12 heteroatoms. The van der Waals surface area contributed by atoms with Crippen molar-refractivity contribution in [3.05, 3.63) is 59.5 Å².